The number of hydrogen-bond acceptors (Lipinski definition) is 4. The van der Waals surface area contributed by atoms with Crippen molar-refractivity contribution in [2.24, 2.45) is 0 Å². The predicted octanol–water partition coefficient (Wildman–Crippen LogP) is 0.758. The Bertz CT molecular complexity index is 719. The molecule has 0 spiro atoms. The van der Waals surface area contributed by atoms with Gasteiger partial charge in [-0.25, -0.2) is 4.79 Å². The van der Waals surface area contributed by atoms with E-state index in [4.69, 9.17) is 10.2 Å². The fourth-order valence-corrected chi connectivity index (χ4v) is 2.11. The molecular formula is C14H16N2O4. The smallest absolute Gasteiger partial charge is 0.341 e. The fraction of sp³-hybridized carbons (Fsp3) is 0.286. The average Bonchev–Trinajstić information content (AvgIpc) is 2.41. The van der Waals surface area contributed by atoms with Crippen molar-refractivity contribution in [3.63, 3.8) is 0 Å². The number of rotatable bonds is 4. The summed E-state index contributed by atoms with van der Waals surface area (Å²) in [5.74, 6) is -1.26. The topological polar surface area (TPSA) is 82.8 Å². The molecule has 2 rings (SSSR count). The molecule has 0 unspecified atom stereocenters. The number of carboxylic acid groups (broad SMARTS) is 1. The van der Waals surface area contributed by atoms with Gasteiger partial charge in [0.1, 0.15) is 5.56 Å². The van der Waals surface area contributed by atoms with E-state index in [1.54, 1.807) is 16.7 Å². The summed E-state index contributed by atoms with van der Waals surface area (Å²) in [6.45, 7) is 0.102. The number of aromatic nitrogens is 1. The lowest BCUT2D eigenvalue weighted by Crippen LogP contribution is -2.20. The summed E-state index contributed by atoms with van der Waals surface area (Å²) >= 11 is 0. The second-order valence-corrected chi connectivity index (χ2v) is 4.69. The van der Waals surface area contributed by atoms with Crippen molar-refractivity contribution in [2.75, 3.05) is 25.6 Å². The van der Waals surface area contributed by atoms with Gasteiger partial charge in [0.15, 0.2) is 0 Å². The highest BCUT2D eigenvalue weighted by molar-refractivity contribution is 5.93. The van der Waals surface area contributed by atoms with E-state index in [1.807, 2.05) is 25.1 Å². The van der Waals surface area contributed by atoms with Gasteiger partial charge in [-0.3, -0.25) is 4.79 Å². The highest BCUT2D eigenvalue weighted by Gasteiger charge is 2.15. The van der Waals surface area contributed by atoms with E-state index >= 15 is 0 Å². The predicted molar refractivity (Wildman–Crippen MR) is 76.6 cm³/mol. The Morgan fingerprint density at radius 1 is 1.35 bits per heavy atom. The van der Waals surface area contributed by atoms with Gasteiger partial charge in [0.25, 0.3) is 0 Å². The normalized spacial score (nSPS) is 10.8. The van der Waals surface area contributed by atoms with Crippen LogP contribution in [0.5, 0.6) is 0 Å². The zero-order valence-electron chi connectivity index (χ0n) is 11.3. The first kappa shape index (κ1) is 14.1. The number of carbonyl (C=O) groups is 1. The van der Waals surface area contributed by atoms with Crippen LogP contribution in [0.25, 0.3) is 10.9 Å². The number of carboxylic acids is 1. The molecule has 106 valence electrons. The van der Waals surface area contributed by atoms with E-state index in [9.17, 15) is 9.59 Å². The molecule has 6 heteroatoms. The molecule has 2 aromatic rings. The van der Waals surface area contributed by atoms with Crippen LogP contribution in [0.1, 0.15) is 10.4 Å². The summed E-state index contributed by atoms with van der Waals surface area (Å²) in [4.78, 5) is 25.2. The minimum atomic E-state index is -1.26. The van der Waals surface area contributed by atoms with Crippen LogP contribution in [-0.2, 0) is 6.54 Å². The number of nitrogens with zero attached hydrogens (tertiary/aromatic N) is 2. The third-order valence-electron chi connectivity index (χ3n) is 3.15. The van der Waals surface area contributed by atoms with Crippen LogP contribution in [0, 0.1) is 0 Å². The summed E-state index contributed by atoms with van der Waals surface area (Å²) in [6.07, 6.45) is 1.28. The molecule has 1 aromatic heterocycles. The maximum absolute atomic E-state index is 12.2. The van der Waals surface area contributed by atoms with Crippen molar-refractivity contribution >= 4 is 22.6 Å². The highest BCUT2D eigenvalue weighted by Crippen LogP contribution is 2.19. The van der Waals surface area contributed by atoms with Crippen LogP contribution in [0.2, 0.25) is 0 Å². The summed E-state index contributed by atoms with van der Waals surface area (Å²) in [7, 11) is 3.68. The third kappa shape index (κ3) is 2.37. The van der Waals surface area contributed by atoms with E-state index in [0.717, 1.165) is 5.69 Å². The quantitative estimate of drug-likeness (QED) is 0.861. The molecule has 0 saturated carbocycles. The molecule has 0 bridgehead atoms. The Morgan fingerprint density at radius 3 is 2.60 bits per heavy atom. The van der Waals surface area contributed by atoms with Gasteiger partial charge in [-0.05, 0) is 18.2 Å². The van der Waals surface area contributed by atoms with Crippen LogP contribution < -0.4 is 10.3 Å². The van der Waals surface area contributed by atoms with Crippen molar-refractivity contribution in [1.29, 1.82) is 0 Å². The summed E-state index contributed by atoms with van der Waals surface area (Å²) < 4.78 is 1.58. The van der Waals surface area contributed by atoms with E-state index in [1.165, 1.54) is 6.20 Å². The lowest BCUT2D eigenvalue weighted by Gasteiger charge is -2.15. The molecule has 1 aromatic carbocycles. The fourth-order valence-electron chi connectivity index (χ4n) is 2.11. The molecule has 0 aliphatic rings. The zero-order chi connectivity index (χ0) is 14.9. The molecule has 1 heterocycles. The summed E-state index contributed by atoms with van der Waals surface area (Å²) in [5, 5.41) is 18.5. The SMILES string of the molecule is CN(C)c1ccc2c(c1)c(=O)c(C(=O)O)cn2CCO. The number of pyridine rings is 1. The molecule has 0 saturated heterocycles. The molecule has 0 radical (unpaired) electrons. The van der Waals surface area contributed by atoms with Crippen LogP contribution in [0.15, 0.2) is 29.2 Å². The van der Waals surface area contributed by atoms with Crippen molar-refractivity contribution in [2.45, 2.75) is 6.54 Å². The first-order valence-corrected chi connectivity index (χ1v) is 6.14. The van der Waals surface area contributed by atoms with Crippen molar-refractivity contribution < 1.29 is 15.0 Å². The van der Waals surface area contributed by atoms with Gasteiger partial charge in [-0.15, -0.1) is 0 Å². The van der Waals surface area contributed by atoms with Crippen LogP contribution in [-0.4, -0.2) is 41.5 Å². The van der Waals surface area contributed by atoms with E-state index in [-0.39, 0.29) is 18.7 Å². The number of fused-ring (bicyclic) bond motifs is 1. The summed E-state index contributed by atoms with van der Waals surface area (Å²) in [6, 6.07) is 5.27. The highest BCUT2D eigenvalue weighted by atomic mass is 16.4. The zero-order valence-corrected chi connectivity index (χ0v) is 11.3. The molecule has 20 heavy (non-hydrogen) atoms. The molecule has 0 aliphatic heterocycles. The minimum Gasteiger partial charge on any atom is -0.477 e. The van der Waals surface area contributed by atoms with Gasteiger partial charge in [0.05, 0.1) is 12.1 Å². The largest absolute Gasteiger partial charge is 0.477 e. The summed E-state index contributed by atoms with van der Waals surface area (Å²) in [5.41, 5.74) is 0.625. The molecule has 0 atom stereocenters. The van der Waals surface area contributed by atoms with Crippen molar-refractivity contribution in [3.05, 3.63) is 40.2 Å². The van der Waals surface area contributed by atoms with Crippen molar-refractivity contribution in [3.8, 4) is 0 Å². The van der Waals surface area contributed by atoms with Gasteiger partial charge < -0.3 is 19.7 Å². The van der Waals surface area contributed by atoms with Gasteiger partial charge in [-0.2, -0.15) is 0 Å². The Kier molecular flexibility index (Phi) is 3.76. The van der Waals surface area contributed by atoms with E-state index in [2.05, 4.69) is 0 Å². The van der Waals surface area contributed by atoms with Gasteiger partial charge in [0, 0.05) is 37.9 Å². The number of benzene rings is 1. The molecular weight excluding hydrogens is 260 g/mol. The first-order chi connectivity index (χ1) is 9.45. The Hall–Kier alpha value is -2.34. The Balaban J connectivity index is 2.83. The van der Waals surface area contributed by atoms with Crippen LogP contribution >= 0.6 is 0 Å². The lowest BCUT2D eigenvalue weighted by atomic mass is 10.1. The maximum atomic E-state index is 12.2. The molecule has 0 amide bonds. The van der Waals surface area contributed by atoms with Crippen LogP contribution in [0.3, 0.4) is 0 Å². The second-order valence-electron chi connectivity index (χ2n) is 4.69. The van der Waals surface area contributed by atoms with Gasteiger partial charge in [-0.1, -0.05) is 0 Å². The standard InChI is InChI=1S/C14H16N2O4/c1-15(2)9-3-4-12-10(7-9)13(18)11(14(19)20)8-16(12)5-6-17/h3-4,7-8,17H,5-6H2,1-2H3,(H,19,20). The number of aliphatic hydroxyl groups is 1. The Morgan fingerprint density at radius 2 is 2.05 bits per heavy atom. The second kappa shape index (κ2) is 5.34. The molecule has 6 nitrogen and oxygen atoms in total. The lowest BCUT2D eigenvalue weighted by molar-refractivity contribution is 0.0694. The number of anilines is 1. The van der Waals surface area contributed by atoms with E-state index < -0.39 is 11.4 Å². The molecule has 0 fully saturated rings. The number of hydrogen-bond donors (Lipinski definition) is 2. The monoisotopic (exact) mass is 276 g/mol. The van der Waals surface area contributed by atoms with E-state index in [0.29, 0.717) is 10.9 Å². The molecule has 2 N–H and O–H groups in total. The number of aliphatic hydroxyl groups excluding tert-OH is 1. The Labute approximate surface area is 115 Å². The molecule has 0 aliphatic carbocycles. The first-order valence-electron chi connectivity index (χ1n) is 6.14. The minimum absolute atomic E-state index is 0.132. The third-order valence-corrected chi connectivity index (χ3v) is 3.15. The number of aromatic carboxylic acids is 1. The van der Waals surface area contributed by atoms with Crippen LogP contribution in [0.4, 0.5) is 5.69 Å². The average molecular weight is 276 g/mol. The van der Waals surface area contributed by atoms with Crippen molar-refractivity contribution in [1.82, 2.24) is 4.57 Å². The van der Waals surface area contributed by atoms with Gasteiger partial charge >= 0.3 is 5.97 Å². The maximum Gasteiger partial charge on any atom is 0.341 e. The van der Waals surface area contributed by atoms with Gasteiger partial charge in [0.2, 0.25) is 5.43 Å².